The molecule has 124 valence electrons. The summed E-state index contributed by atoms with van der Waals surface area (Å²) in [5.74, 6) is 0.311. The van der Waals surface area contributed by atoms with Gasteiger partial charge in [0.25, 0.3) is 0 Å². The Morgan fingerprint density at radius 2 is 1.96 bits per heavy atom. The highest BCUT2D eigenvalue weighted by Gasteiger charge is 2.44. The van der Waals surface area contributed by atoms with Crippen molar-refractivity contribution in [3.63, 3.8) is 0 Å². The first kappa shape index (κ1) is 16.0. The lowest BCUT2D eigenvalue weighted by Gasteiger charge is -2.35. The lowest BCUT2D eigenvalue weighted by Crippen LogP contribution is -2.52. The van der Waals surface area contributed by atoms with Crippen molar-refractivity contribution in [3.8, 4) is 0 Å². The van der Waals surface area contributed by atoms with Crippen LogP contribution in [0.4, 0.5) is 4.39 Å². The lowest BCUT2D eigenvalue weighted by atomic mass is 10.00. The van der Waals surface area contributed by atoms with Crippen molar-refractivity contribution in [1.29, 1.82) is 0 Å². The minimum absolute atomic E-state index is 0.101. The van der Waals surface area contributed by atoms with Crippen molar-refractivity contribution in [2.45, 2.75) is 45.2 Å². The second-order valence-electron chi connectivity index (χ2n) is 6.71. The van der Waals surface area contributed by atoms with Crippen LogP contribution in [0.2, 0.25) is 0 Å². The molecule has 3 atom stereocenters. The molecule has 1 aliphatic heterocycles. The van der Waals surface area contributed by atoms with E-state index in [-0.39, 0.29) is 29.6 Å². The molecule has 5 heteroatoms. The van der Waals surface area contributed by atoms with E-state index in [1.54, 1.807) is 17.0 Å². The second kappa shape index (κ2) is 6.69. The highest BCUT2D eigenvalue weighted by Crippen LogP contribution is 2.40. The molecule has 1 saturated carbocycles. The Labute approximate surface area is 136 Å². The fourth-order valence-corrected chi connectivity index (χ4v) is 3.26. The summed E-state index contributed by atoms with van der Waals surface area (Å²) in [6, 6.07) is 5.72. The Balaban J connectivity index is 1.59. The molecule has 2 fully saturated rings. The predicted molar refractivity (Wildman–Crippen MR) is 84.9 cm³/mol. The molecule has 1 N–H and O–H groups in total. The number of carbonyl (C=O) groups excluding carboxylic acids is 2. The first-order valence-corrected chi connectivity index (χ1v) is 8.39. The quantitative estimate of drug-likeness (QED) is 0.927. The molecule has 0 spiro atoms. The van der Waals surface area contributed by atoms with Crippen LogP contribution in [0.15, 0.2) is 24.3 Å². The van der Waals surface area contributed by atoms with E-state index in [1.807, 2.05) is 0 Å². The minimum atomic E-state index is -0.357. The number of benzene rings is 1. The summed E-state index contributed by atoms with van der Waals surface area (Å²) in [6.07, 6.45) is 3.61. The van der Waals surface area contributed by atoms with Gasteiger partial charge in [0.1, 0.15) is 11.9 Å². The molecule has 1 heterocycles. The van der Waals surface area contributed by atoms with Crippen LogP contribution in [-0.2, 0) is 16.1 Å². The molecule has 1 aromatic carbocycles. The Morgan fingerprint density at radius 3 is 2.61 bits per heavy atom. The normalized spacial score (nSPS) is 26.7. The molecule has 1 aliphatic carbocycles. The average molecular weight is 318 g/mol. The van der Waals surface area contributed by atoms with Crippen molar-refractivity contribution < 1.29 is 14.0 Å². The van der Waals surface area contributed by atoms with E-state index >= 15 is 0 Å². The summed E-state index contributed by atoms with van der Waals surface area (Å²) in [5, 5.41) is 2.89. The monoisotopic (exact) mass is 318 g/mol. The van der Waals surface area contributed by atoms with Gasteiger partial charge >= 0.3 is 0 Å². The van der Waals surface area contributed by atoms with Gasteiger partial charge in [-0.25, -0.2) is 4.39 Å². The molecule has 23 heavy (non-hydrogen) atoms. The van der Waals surface area contributed by atoms with Crippen LogP contribution in [0.1, 0.15) is 38.2 Å². The molecule has 0 aromatic heterocycles. The zero-order valence-corrected chi connectivity index (χ0v) is 13.4. The lowest BCUT2D eigenvalue weighted by molar-refractivity contribution is -0.143. The smallest absolute Gasteiger partial charge is 0.243 e. The van der Waals surface area contributed by atoms with E-state index in [0.717, 1.165) is 31.2 Å². The van der Waals surface area contributed by atoms with Gasteiger partial charge in [-0.2, -0.15) is 0 Å². The molecule has 0 bridgehead atoms. The molecule has 0 radical (unpaired) electrons. The number of hydrogen-bond acceptors (Lipinski definition) is 2. The highest BCUT2D eigenvalue weighted by molar-refractivity contribution is 5.89. The van der Waals surface area contributed by atoms with E-state index in [2.05, 4.69) is 12.2 Å². The van der Waals surface area contributed by atoms with Gasteiger partial charge in [-0.15, -0.1) is 0 Å². The molecule has 1 saturated heterocycles. The van der Waals surface area contributed by atoms with E-state index in [1.165, 1.54) is 12.1 Å². The van der Waals surface area contributed by atoms with Crippen LogP contribution >= 0.6 is 0 Å². The number of nitrogens with zero attached hydrogens (tertiary/aromatic N) is 1. The second-order valence-corrected chi connectivity index (χ2v) is 6.71. The van der Waals surface area contributed by atoms with Gasteiger partial charge in [-0.3, -0.25) is 9.59 Å². The van der Waals surface area contributed by atoms with Gasteiger partial charge in [0, 0.05) is 19.0 Å². The summed E-state index contributed by atoms with van der Waals surface area (Å²) in [5.41, 5.74) is 0.851. The van der Waals surface area contributed by atoms with Crippen LogP contribution in [0, 0.1) is 17.7 Å². The number of rotatable bonds is 4. The number of piperidine rings is 1. The standard InChI is InChI=1S/C18H23FN2O2/c1-12-10-15(12)18(23)21-9-3-2-4-16(21)17(22)20-11-13-5-7-14(19)8-6-13/h5-8,12,15-16H,2-4,9-11H2,1H3,(H,20,22). The number of carbonyl (C=O) groups is 2. The van der Waals surface area contributed by atoms with Crippen LogP contribution < -0.4 is 5.32 Å². The third-order valence-electron chi connectivity index (χ3n) is 4.90. The fourth-order valence-electron chi connectivity index (χ4n) is 3.26. The third kappa shape index (κ3) is 3.71. The maximum Gasteiger partial charge on any atom is 0.243 e. The SMILES string of the molecule is CC1CC1C(=O)N1CCCCC1C(=O)NCc1ccc(F)cc1. The summed E-state index contributed by atoms with van der Waals surface area (Å²) in [6.45, 7) is 3.12. The molecule has 2 aliphatic rings. The van der Waals surface area contributed by atoms with Gasteiger partial charge in [0.05, 0.1) is 0 Å². The molecule has 1 aromatic rings. The van der Waals surface area contributed by atoms with E-state index in [0.29, 0.717) is 19.0 Å². The first-order valence-electron chi connectivity index (χ1n) is 8.39. The summed E-state index contributed by atoms with van der Waals surface area (Å²) in [4.78, 5) is 26.8. The van der Waals surface area contributed by atoms with Crippen molar-refractivity contribution in [2.75, 3.05) is 6.54 Å². The molecule has 3 rings (SSSR count). The van der Waals surface area contributed by atoms with Crippen molar-refractivity contribution in [2.24, 2.45) is 11.8 Å². The van der Waals surface area contributed by atoms with E-state index in [4.69, 9.17) is 0 Å². The Bertz CT molecular complexity index is 587. The van der Waals surface area contributed by atoms with Crippen molar-refractivity contribution in [1.82, 2.24) is 10.2 Å². The molecule has 2 amide bonds. The van der Waals surface area contributed by atoms with Gasteiger partial charge in [-0.1, -0.05) is 19.1 Å². The zero-order valence-electron chi connectivity index (χ0n) is 13.4. The topological polar surface area (TPSA) is 49.4 Å². The van der Waals surface area contributed by atoms with Crippen LogP contribution in [-0.4, -0.2) is 29.3 Å². The Kier molecular flexibility index (Phi) is 4.64. The van der Waals surface area contributed by atoms with E-state index < -0.39 is 0 Å². The van der Waals surface area contributed by atoms with Gasteiger partial charge in [0.2, 0.25) is 11.8 Å². The molecule has 3 unspecified atom stereocenters. The Morgan fingerprint density at radius 1 is 1.26 bits per heavy atom. The number of hydrogen-bond donors (Lipinski definition) is 1. The van der Waals surface area contributed by atoms with Gasteiger partial charge in [-0.05, 0) is 49.3 Å². The Hall–Kier alpha value is -1.91. The largest absolute Gasteiger partial charge is 0.350 e. The first-order chi connectivity index (χ1) is 11.1. The zero-order chi connectivity index (χ0) is 16.4. The van der Waals surface area contributed by atoms with Gasteiger partial charge < -0.3 is 10.2 Å². The number of halogens is 1. The van der Waals surface area contributed by atoms with Crippen molar-refractivity contribution >= 4 is 11.8 Å². The average Bonchev–Trinajstić information content (AvgIpc) is 3.30. The van der Waals surface area contributed by atoms with E-state index in [9.17, 15) is 14.0 Å². The number of amides is 2. The molecule has 4 nitrogen and oxygen atoms in total. The molecular formula is C18H23FN2O2. The van der Waals surface area contributed by atoms with Crippen LogP contribution in [0.25, 0.3) is 0 Å². The van der Waals surface area contributed by atoms with Crippen LogP contribution in [0.3, 0.4) is 0 Å². The number of likely N-dealkylation sites (tertiary alicyclic amines) is 1. The highest BCUT2D eigenvalue weighted by atomic mass is 19.1. The summed E-state index contributed by atoms with van der Waals surface area (Å²) >= 11 is 0. The van der Waals surface area contributed by atoms with Gasteiger partial charge in [0.15, 0.2) is 0 Å². The third-order valence-corrected chi connectivity index (χ3v) is 4.90. The maximum absolute atomic E-state index is 12.9. The minimum Gasteiger partial charge on any atom is -0.350 e. The van der Waals surface area contributed by atoms with Crippen LogP contribution in [0.5, 0.6) is 0 Å². The predicted octanol–water partition coefficient (Wildman–Crippen LogP) is 2.48. The van der Waals surface area contributed by atoms with Crippen molar-refractivity contribution in [3.05, 3.63) is 35.6 Å². The summed E-state index contributed by atoms with van der Waals surface area (Å²) in [7, 11) is 0. The fraction of sp³-hybridized carbons (Fsp3) is 0.556. The summed E-state index contributed by atoms with van der Waals surface area (Å²) < 4.78 is 12.9. The molecular weight excluding hydrogens is 295 g/mol. The maximum atomic E-state index is 12.9. The number of nitrogens with one attached hydrogen (secondary N) is 1.